The normalized spacial score (nSPS) is 15.2. The maximum Gasteiger partial charge on any atom is 0.121 e. The number of aromatic nitrogens is 1. The van der Waals surface area contributed by atoms with Gasteiger partial charge in [0.25, 0.3) is 0 Å². The Morgan fingerprint density at radius 3 is 2.90 bits per heavy atom. The zero-order valence-electron chi connectivity index (χ0n) is 11.1. The molecule has 0 N–H and O–H groups in total. The average Bonchev–Trinajstić information content (AvgIpc) is 2.87. The molecular formula is C17H15NOS. The Labute approximate surface area is 122 Å². The zero-order valence-corrected chi connectivity index (χ0v) is 11.9. The van der Waals surface area contributed by atoms with Crippen molar-refractivity contribution >= 4 is 21.4 Å². The van der Waals surface area contributed by atoms with Crippen LogP contribution in [0.2, 0.25) is 0 Å². The third-order valence-corrected chi connectivity index (χ3v) is 4.82. The first-order valence-corrected chi connectivity index (χ1v) is 7.86. The molecule has 2 aromatic heterocycles. The van der Waals surface area contributed by atoms with Crippen LogP contribution in [0.25, 0.3) is 21.2 Å². The molecule has 4 rings (SSSR count). The van der Waals surface area contributed by atoms with Crippen molar-refractivity contribution in [2.24, 2.45) is 0 Å². The molecule has 100 valence electrons. The van der Waals surface area contributed by atoms with Gasteiger partial charge in [0.05, 0.1) is 6.10 Å². The molecule has 1 aliphatic rings. The molecule has 2 heterocycles. The second-order valence-electron chi connectivity index (χ2n) is 5.22. The smallest absolute Gasteiger partial charge is 0.121 e. The van der Waals surface area contributed by atoms with Gasteiger partial charge in [-0.25, -0.2) is 0 Å². The number of pyridine rings is 1. The van der Waals surface area contributed by atoms with Crippen molar-refractivity contribution < 1.29 is 4.74 Å². The number of ether oxygens (including phenoxy) is 1. The van der Waals surface area contributed by atoms with Crippen LogP contribution in [0, 0.1) is 0 Å². The van der Waals surface area contributed by atoms with Crippen molar-refractivity contribution in [1.82, 2.24) is 4.98 Å². The van der Waals surface area contributed by atoms with Crippen molar-refractivity contribution in [1.29, 1.82) is 0 Å². The van der Waals surface area contributed by atoms with E-state index in [0.29, 0.717) is 6.10 Å². The second kappa shape index (κ2) is 4.91. The molecule has 0 atom stereocenters. The lowest BCUT2D eigenvalue weighted by Gasteiger charge is -2.26. The fourth-order valence-electron chi connectivity index (χ4n) is 2.51. The fourth-order valence-corrected chi connectivity index (χ4v) is 3.51. The lowest BCUT2D eigenvalue weighted by Crippen LogP contribution is -2.24. The van der Waals surface area contributed by atoms with Crippen LogP contribution in [0.3, 0.4) is 0 Å². The molecule has 2 nitrogen and oxygen atoms in total. The summed E-state index contributed by atoms with van der Waals surface area (Å²) in [4.78, 5) is 4.20. The largest absolute Gasteiger partial charge is 0.490 e. The summed E-state index contributed by atoms with van der Waals surface area (Å²) in [6, 6.07) is 10.5. The molecule has 1 aromatic carbocycles. The van der Waals surface area contributed by atoms with Crippen molar-refractivity contribution in [3.63, 3.8) is 0 Å². The van der Waals surface area contributed by atoms with E-state index in [4.69, 9.17) is 4.74 Å². The standard InChI is InChI=1S/C17H15NOS/c1-4-13(5-1)19-14-6-7-15-16(11-20-17(15)9-14)12-3-2-8-18-10-12/h2-3,6-11,13H,1,4-5H2. The topological polar surface area (TPSA) is 22.1 Å². The monoisotopic (exact) mass is 281 g/mol. The first-order chi connectivity index (χ1) is 9.90. The summed E-state index contributed by atoms with van der Waals surface area (Å²) >= 11 is 1.77. The van der Waals surface area contributed by atoms with Gasteiger partial charge in [-0.3, -0.25) is 4.98 Å². The van der Waals surface area contributed by atoms with E-state index < -0.39 is 0 Å². The third kappa shape index (κ3) is 2.08. The van der Waals surface area contributed by atoms with Gasteiger partial charge < -0.3 is 4.74 Å². The molecule has 0 aliphatic heterocycles. The highest BCUT2D eigenvalue weighted by atomic mass is 32.1. The second-order valence-corrected chi connectivity index (χ2v) is 6.13. The first kappa shape index (κ1) is 11.9. The summed E-state index contributed by atoms with van der Waals surface area (Å²) < 4.78 is 7.25. The molecule has 1 aliphatic carbocycles. The van der Waals surface area contributed by atoms with E-state index in [1.54, 1.807) is 11.3 Å². The highest BCUT2D eigenvalue weighted by Crippen LogP contribution is 2.36. The molecule has 0 amide bonds. The van der Waals surface area contributed by atoms with Gasteiger partial charge in [-0.15, -0.1) is 11.3 Å². The molecular weight excluding hydrogens is 266 g/mol. The van der Waals surface area contributed by atoms with Crippen molar-refractivity contribution in [2.75, 3.05) is 0 Å². The summed E-state index contributed by atoms with van der Waals surface area (Å²) in [6.07, 6.45) is 7.86. The van der Waals surface area contributed by atoms with Crippen LogP contribution >= 0.6 is 11.3 Å². The fraction of sp³-hybridized carbons (Fsp3) is 0.235. The first-order valence-electron chi connectivity index (χ1n) is 6.98. The van der Waals surface area contributed by atoms with Crippen molar-refractivity contribution in [2.45, 2.75) is 25.4 Å². The summed E-state index contributed by atoms with van der Waals surface area (Å²) in [7, 11) is 0. The van der Waals surface area contributed by atoms with E-state index in [-0.39, 0.29) is 0 Å². The number of thiophene rings is 1. The Balaban J connectivity index is 1.71. The molecule has 20 heavy (non-hydrogen) atoms. The summed E-state index contributed by atoms with van der Waals surface area (Å²) in [5, 5.41) is 3.48. The van der Waals surface area contributed by atoms with Crippen LogP contribution in [0.4, 0.5) is 0 Å². The predicted octanol–water partition coefficient (Wildman–Crippen LogP) is 4.89. The van der Waals surface area contributed by atoms with Crippen molar-refractivity contribution in [3.8, 4) is 16.9 Å². The Kier molecular flexibility index (Phi) is 2.92. The molecule has 3 aromatic rings. The van der Waals surface area contributed by atoms with Gasteiger partial charge in [0, 0.05) is 33.6 Å². The Hall–Kier alpha value is -1.87. The Bertz CT molecular complexity index is 731. The molecule has 0 saturated heterocycles. The number of fused-ring (bicyclic) bond motifs is 1. The van der Waals surface area contributed by atoms with Crippen LogP contribution < -0.4 is 4.74 Å². The molecule has 0 radical (unpaired) electrons. The van der Waals surface area contributed by atoms with Gasteiger partial charge in [-0.1, -0.05) is 6.07 Å². The Morgan fingerprint density at radius 1 is 1.20 bits per heavy atom. The van der Waals surface area contributed by atoms with Crippen LogP contribution in [0.1, 0.15) is 19.3 Å². The molecule has 1 fully saturated rings. The summed E-state index contributed by atoms with van der Waals surface area (Å²) in [6.45, 7) is 0. The van der Waals surface area contributed by atoms with Gasteiger partial charge in [0.2, 0.25) is 0 Å². The van der Waals surface area contributed by atoms with Gasteiger partial charge in [0.15, 0.2) is 0 Å². The average molecular weight is 281 g/mol. The van der Waals surface area contributed by atoms with Crippen LogP contribution in [-0.2, 0) is 0 Å². The molecule has 3 heteroatoms. The van der Waals surface area contributed by atoms with E-state index in [0.717, 1.165) is 5.75 Å². The SMILES string of the molecule is c1cncc(-c2csc3cc(OC4CCC4)ccc23)c1. The lowest BCUT2D eigenvalue weighted by atomic mass is 9.96. The quantitative estimate of drug-likeness (QED) is 0.681. The third-order valence-electron chi connectivity index (χ3n) is 3.87. The van der Waals surface area contributed by atoms with E-state index in [9.17, 15) is 0 Å². The van der Waals surface area contributed by atoms with Crippen molar-refractivity contribution in [3.05, 3.63) is 48.1 Å². The number of hydrogen-bond acceptors (Lipinski definition) is 3. The van der Waals surface area contributed by atoms with Gasteiger partial charge in [-0.2, -0.15) is 0 Å². The predicted molar refractivity (Wildman–Crippen MR) is 83.3 cm³/mol. The lowest BCUT2D eigenvalue weighted by molar-refractivity contribution is 0.120. The number of hydrogen-bond donors (Lipinski definition) is 0. The van der Waals surface area contributed by atoms with E-state index >= 15 is 0 Å². The van der Waals surface area contributed by atoms with Gasteiger partial charge >= 0.3 is 0 Å². The molecule has 0 spiro atoms. The van der Waals surface area contributed by atoms with E-state index in [1.165, 1.54) is 40.5 Å². The van der Waals surface area contributed by atoms with Crippen LogP contribution in [-0.4, -0.2) is 11.1 Å². The molecule has 0 bridgehead atoms. The van der Waals surface area contributed by atoms with Gasteiger partial charge in [0.1, 0.15) is 5.75 Å². The number of rotatable bonds is 3. The van der Waals surface area contributed by atoms with E-state index in [2.05, 4.69) is 34.6 Å². The molecule has 1 saturated carbocycles. The zero-order chi connectivity index (χ0) is 13.4. The number of nitrogens with zero attached hydrogens (tertiary/aromatic N) is 1. The van der Waals surface area contributed by atoms with E-state index in [1.807, 2.05) is 18.5 Å². The summed E-state index contributed by atoms with van der Waals surface area (Å²) in [5.41, 5.74) is 2.43. The Morgan fingerprint density at radius 2 is 2.15 bits per heavy atom. The highest BCUT2D eigenvalue weighted by molar-refractivity contribution is 7.17. The van der Waals surface area contributed by atoms with Gasteiger partial charge in [-0.05, 0) is 48.9 Å². The minimum atomic E-state index is 0.435. The highest BCUT2D eigenvalue weighted by Gasteiger charge is 2.19. The minimum Gasteiger partial charge on any atom is -0.490 e. The maximum atomic E-state index is 5.97. The van der Waals surface area contributed by atoms with Crippen LogP contribution in [0.15, 0.2) is 48.1 Å². The maximum absolute atomic E-state index is 5.97. The summed E-state index contributed by atoms with van der Waals surface area (Å²) in [5.74, 6) is 1.00. The number of benzene rings is 1. The minimum absolute atomic E-state index is 0.435. The van der Waals surface area contributed by atoms with Crippen LogP contribution in [0.5, 0.6) is 5.75 Å². The molecule has 0 unspecified atom stereocenters.